The van der Waals surface area contributed by atoms with Crippen LogP contribution in [0.5, 0.6) is 0 Å². The van der Waals surface area contributed by atoms with Gasteiger partial charge < -0.3 is 5.32 Å². The molecule has 1 N–H and O–H groups in total. The highest BCUT2D eigenvalue weighted by Gasteiger charge is 2.36. The first-order chi connectivity index (χ1) is 13.9. The van der Waals surface area contributed by atoms with E-state index in [-0.39, 0.29) is 17.7 Å². The maximum absolute atomic E-state index is 12.9. The van der Waals surface area contributed by atoms with Crippen LogP contribution in [0.25, 0.3) is 0 Å². The number of anilines is 2. The molecule has 0 spiro atoms. The molecule has 0 unspecified atom stereocenters. The second kappa shape index (κ2) is 7.02. The first-order valence-corrected chi connectivity index (χ1v) is 9.34. The molecule has 5 heteroatoms. The average molecular weight is 384 g/mol. The van der Waals surface area contributed by atoms with Crippen molar-refractivity contribution in [2.45, 2.75) is 20.8 Å². The first-order valence-electron chi connectivity index (χ1n) is 9.34. The Morgan fingerprint density at radius 2 is 1.38 bits per heavy atom. The highest BCUT2D eigenvalue weighted by atomic mass is 16.2. The van der Waals surface area contributed by atoms with Gasteiger partial charge in [-0.25, -0.2) is 4.90 Å². The lowest BCUT2D eigenvalue weighted by Crippen LogP contribution is -2.29. The van der Waals surface area contributed by atoms with E-state index in [1.54, 1.807) is 48.5 Å². The first kappa shape index (κ1) is 18.6. The number of rotatable bonds is 3. The summed E-state index contributed by atoms with van der Waals surface area (Å²) in [5.74, 6) is -1.06. The fourth-order valence-electron chi connectivity index (χ4n) is 3.77. The standard InChI is InChI=1S/C24H20N2O3/c1-14-11-15(2)21(16(3)12-14)25-22(27)17-7-6-8-18(13-17)26-23(28)19-9-4-5-10-20(19)24(26)29/h4-13H,1-3H3,(H,25,27). The van der Waals surface area contributed by atoms with Crippen molar-refractivity contribution in [2.24, 2.45) is 0 Å². The molecule has 0 bridgehead atoms. The Hall–Kier alpha value is -3.73. The summed E-state index contributed by atoms with van der Waals surface area (Å²) in [6.45, 7) is 5.91. The molecule has 5 nitrogen and oxygen atoms in total. The Morgan fingerprint density at radius 3 is 1.97 bits per heavy atom. The molecule has 0 atom stereocenters. The fraction of sp³-hybridized carbons (Fsp3) is 0.125. The number of nitrogens with zero attached hydrogens (tertiary/aromatic N) is 1. The monoisotopic (exact) mass is 384 g/mol. The zero-order valence-electron chi connectivity index (χ0n) is 16.4. The van der Waals surface area contributed by atoms with Gasteiger partial charge in [0.1, 0.15) is 0 Å². The van der Waals surface area contributed by atoms with Crippen LogP contribution in [0.3, 0.4) is 0 Å². The summed E-state index contributed by atoms with van der Waals surface area (Å²) >= 11 is 0. The molecule has 144 valence electrons. The van der Waals surface area contributed by atoms with E-state index in [0.717, 1.165) is 27.3 Å². The van der Waals surface area contributed by atoms with Crippen LogP contribution in [0.4, 0.5) is 11.4 Å². The molecule has 0 fully saturated rings. The van der Waals surface area contributed by atoms with E-state index >= 15 is 0 Å². The molecule has 1 aliphatic heterocycles. The van der Waals surface area contributed by atoms with Crippen molar-refractivity contribution in [3.63, 3.8) is 0 Å². The molecular formula is C24H20N2O3. The highest BCUT2D eigenvalue weighted by molar-refractivity contribution is 6.34. The normalized spacial score (nSPS) is 12.9. The lowest BCUT2D eigenvalue weighted by atomic mass is 10.0. The van der Waals surface area contributed by atoms with E-state index in [1.807, 2.05) is 32.9 Å². The predicted octanol–water partition coefficient (Wildman–Crippen LogP) is 4.66. The molecular weight excluding hydrogens is 364 g/mol. The number of carbonyl (C=O) groups excluding carboxylic acids is 3. The van der Waals surface area contributed by atoms with Gasteiger partial charge in [0, 0.05) is 11.3 Å². The fourth-order valence-corrected chi connectivity index (χ4v) is 3.77. The number of nitrogens with one attached hydrogen (secondary N) is 1. The van der Waals surface area contributed by atoms with E-state index in [4.69, 9.17) is 0 Å². The maximum atomic E-state index is 12.9. The number of aryl methyl sites for hydroxylation is 3. The zero-order valence-corrected chi connectivity index (χ0v) is 16.4. The van der Waals surface area contributed by atoms with Crippen molar-refractivity contribution in [1.82, 2.24) is 0 Å². The summed E-state index contributed by atoms with van der Waals surface area (Å²) in [6, 6.07) is 17.3. The van der Waals surface area contributed by atoms with Gasteiger partial charge in [0.2, 0.25) is 0 Å². The molecule has 1 aliphatic rings. The van der Waals surface area contributed by atoms with E-state index < -0.39 is 0 Å². The van der Waals surface area contributed by atoms with Gasteiger partial charge in [-0.05, 0) is 62.2 Å². The third-order valence-electron chi connectivity index (χ3n) is 5.08. The number of benzene rings is 3. The molecule has 0 radical (unpaired) electrons. The van der Waals surface area contributed by atoms with Gasteiger partial charge >= 0.3 is 0 Å². The topological polar surface area (TPSA) is 66.5 Å². The summed E-state index contributed by atoms with van der Waals surface area (Å²) in [7, 11) is 0. The van der Waals surface area contributed by atoms with Gasteiger partial charge in [0.25, 0.3) is 17.7 Å². The number of hydrogen-bond donors (Lipinski definition) is 1. The van der Waals surface area contributed by atoms with E-state index in [1.165, 1.54) is 0 Å². The third kappa shape index (κ3) is 3.21. The Kier molecular flexibility index (Phi) is 4.51. The van der Waals surface area contributed by atoms with Gasteiger partial charge in [-0.2, -0.15) is 0 Å². The largest absolute Gasteiger partial charge is 0.322 e. The molecule has 0 aliphatic carbocycles. The number of carbonyl (C=O) groups is 3. The second-order valence-corrected chi connectivity index (χ2v) is 7.27. The van der Waals surface area contributed by atoms with Gasteiger partial charge in [0.05, 0.1) is 16.8 Å². The quantitative estimate of drug-likeness (QED) is 0.668. The Balaban J connectivity index is 1.64. The second-order valence-electron chi connectivity index (χ2n) is 7.27. The van der Waals surface area contributed by atoms with E-state index in [9.17, 15) is 14.4 Å². The molecule has 3 amide bonds. The van der Waals surface area contributed by atoms with Crippen LogP contribution in [0, 0.1) is 20.8 Å². The van der Waals surface area contributed by atoms with Crippen LogP contribution in [-0.4, -0.2) is 17.7 Å². The third-order valence-corrected chi connectivity index (χ3v) is 5.08. The van der Waals surface area contributed by atoms with Crippen LogP contribution >= 0.6 is 0 Å². The van der Waals surface area contributed by atoms with Crippen molar-refractivity contribution in [3.8, 4) is 0 Å². The Labute approximate surface area is 169 Å². The van der Waals surface area contributed by atoms with Crippen molar-refractivity contribution < 1.29 is 14.4 Å². The number of fused-ring (bicyclic) bond motifs is 1. The summed E-state index contributed by atoms with van der Waals surface area (Å²) in [5, 5.41) is 2.95. The molecule has 0 aromatic heterocycles. The van der Waals surface area contributed by atoms with Crippen LogP contribution < -0.4 is 10.2 Å². The van der Waals surface area contributed by atoms with Crippen molar-refractivity contribution >= 4 is 29.1 Å². The van der Waals surface area contributed by atoms with Crippen LogP contribution in [0.15, 0.2) is 60.7 Å². The molecule has 0 saturated carbocycles. The SMILES string of the molecule is Cc1cc(C)c(NC(=O)c2cccc(N3C(=O)c4ccccc4C3=O)c2)c(C)c1. The summed E-state index contributed by atoms with van der Waals surface area (Å²) in [4.78, 5) is 39.4. The van der Waals surface area contributed by atoms with E-state index in [2.05, 4.69) is 5.32 Å². The lowest BCUT2D eigenvalue weighted by Gasteiger charge is -2.16. The van der Waals surface area contributed by atoms with Crippen molar-refractivity contribution in [1.29, 1.82) is 0 Å². The van der Waals surface area contributed by atoms with E-state index in [0.29, 0.717) is 22.4 Å². The summed E-state index contributed by atoms with van der Waals surface area (Å²) < 4.78 is 0. The summed E-state index contributed by atoms with van der Waals surface area (Å²) in [6.07, 6.45) is 0. The molecule has 0 saturated heterocycles. The zero-order chi connectivity index (χ0) is 20.7. The number of imide groups is 1. The van der Waals surface area contributed by atoms with Gasteiger partial charge in [0.15, 0.2) is 0 Å². The molecule has 4 rings (SSSR count). The molecule has 3 aromatic carbocycles. The average Bonchev–Trinajstić information content (AvgIpc) is 2.95. The van der Waals surface area contributed by atoms with Gasteiger partial charge in [-0.3, -0.25) is 14.4 Å². The smallest absolute Gasteiger partial charge is 0.266 e. The van der Waals surface area contributed by atoms with Crippen LogP contribution in [0.1, 0.15) is 47.8 Å². The summed E-state index contributed by atoms with van der Waals surface area (Å²) in [5.41, 5.74) is 5.35. The van der Waals surface area contributed by atoms with Crippen molar-refractivity contribution in [2.75, 3.05) is 10.2 Å². The molecule has 3 aromatic rings. The predicted molar refractivity (Wildman–Crippen MR) is 113 cm³/mol. The Bertz CT molecular complexity index is 1120. The minimum Gasteiger partial charge on any atom is -0.322 e. The highest BCUT2D eigenvalue weighted by Crippen LogP contribution is 2.29. The number of hydrogen-bond acceptors (Lipinski definition) is 3. The van der Waals surface area contributed by atoms with Crippen LogP contribution in [-0.2, 0) is 0 Å². The lowest BCUT2D eigenvalue weighted by molar-refractivity contribution is 0.0924. The molecule has 29 heavy (non-hydrogen) atoms. The minimum atomic E-state index is -0.381. The Morgan fingerprint density at radius 1 is 0.793 bits per heavy atom. The minimum absolute atomic E-state index is 0.293. The maximum Gasteiger partial charge on any atom is 0.266 e. The van der Waals surface area contributed by atoms with Crippen LogP contribution in [0.2, 0.25) is 0 Å². The van der Waals surface area contributed by atoms with Crippen molar-refractivity contribution in [3.05, 3.63) is 94.0 Å². The van der Waals surface area contributed by atoms with Gasteiger partial charge in [-0.15, -0.1) is 0 Å². The van der Waals surface area contributed by atoms with Gasteiger partial charge in [-0.1, -0.05) is 35.9 Å². The molecule has 1 heterocycles. The number of amides is 3.